The van der Waals surface area contributed by atoms with Crippen LogP contribution in [-0.2, 0) is 18.1 Å². The standard InChI is InChI=1S/C11H20N2O/c1-10(2,3)8-7-13(6)9(12-8)11(4,5)14/h7,14H,1-6H3. The summed E-state index contributed by atoms with van der Waals surface area (Å²) in [6.07, 6.45) is 1.98. The minimum Gasteiger partial charge on any atom is -0.383 e. The molecule has 0 unspecified atom stereocenters. The zero-order valence-corrected chi connectivity index (χ0v) is 9.92. The summed E-state index contributed by atoms with van der Waals surface area (Å²) in [4.78, 5) is 4.47. The average molecular weight is 196 g/mol. The lowest BCUT2D eigenvalue weighted by molar-refractivity contribution is 0.0657. The van der Waals surface area contributed by atoms with Crippen molar-refractivity contribution in [2.45, 2.75) is 45.6 Å². The molecule has 0 saturated carbocycles. The molecule has 0 fully saturated rings. The Morgan fingerprint density at radius 2 is 1.71 bits per heavy atom. The van der Waals surface area contributed by atoms with E-state index in [1.54, 1.807) is 13.8 Å². The van der Waals surface area contributed by atoms with Gasteiger partial charge in [-0.05, 0) is 13.8 Å². The van der Waals surface area contributed by atoms with E-state index in [2.05, 4.69) is 25.8 Å². The first-order chi connectivity index (χ1) is 6.12. The van der Waals surface area contributed by atoms with E-state index in [0.717, 1.165) is 5.69 Å². The molecule has 0 aliphatic carbocycles. The number of nitrogens with zero attached hydrogens (tertiary/aromatic N) is 2. The molecule has 0 aliphatic rings. The zero-order chi connectivity index (χ0) is 11.1. The summed E-state index contributed by atoms with van der Waals surface area (Å²) < 4.78 is 1.89. The smallest absolute Gasteiger partial charge is 0.140 e. The first-order valence-electron chi connectivity index (χ1n) is 4.89. The predicted octanol–water partition coefficient (Wildman–Crippen LogP) is 1.94. The first kappa shape index (κ1) is 11.2. The SMILES string of the molecule is Cn1cc(C(C)(C)C)nc1C(C)(C)O. The largest absolute Gasteiger partial charge is 0.383 e. The lowest BCUT2D eigenvalue weighted by Crippen LogP contribution is -2.21. The monoisotopic (exact) mass is 196 g/mol. The van der Waals surface area contributed by atoms with Gasteiger partial charge in [0, 0.05) is 18.7 Å². The summed E-state index contributed by atoms with van der Waals surface area (Å²) in [5.41, 5.74) is 0.164. The number of aromatic nitrogens is 2. The van der Waals surface area contributed by atoms with Crippen molar-refractivity contribution in [1.82, 2.24) is 9.55 Å². The number of rotatable bonds is 1. The molecule has 1 heterocycles. The number of imidazole rings is 1. The Balaban J connectivity index is 3.19. The van der Waals surface area contributed by atoms with Crippen LogP contribution in [0, 0.1) is 0 Å². The van der Waals surface area contributed by atoms with Gasteiger partial charge in [0.15, 0.2) is 0 Å². The molecule has 0 aromatic carbocycles. The third kappa shape index (κ3) is 2.15. The van der Waals surface area contributed by atoms with Crippen molar-refractivity contribution in [2.75, 3.05) is 0 Å². The van der Waals surface area contributed by atoms with Crippen molar-refractivity contribution in [1.29, 1.82) is 0 Å². The molecule has 0 spiro atoms. The zero-order valence-electron chi connectivity index (χ0n) is 9.92. The predicted molar refractivity (Wildman–Crippen MR) is 57.2 cm³/mol. The Morgan fingerprint density at radius 3 is 1.93 bits per heavy atom. The van der Waals surface area contributed by atoms with Crippen LogP contribution < -0.4 is 0 Å². The van der Waals surface area contributed by atoms with Crippen LogP contribution in [0.4, 0.5) is 0 Å². The topological polar surface area (TPSA) is 38.0 Å². The van der Waals surface area contributed by atoms with Crippen LogP contribution in [0.3, 0.4) is 0 Å². The lowest BCUT2D eigenvalue weighted by atomic mass is 9.93. The minimum absolute atomic E-state index is 0.0290. The highest BCUT2D eigenvalue weighted by Crippen LogP contribution is 2.25. The van der Waals surface area contributed by atoms with E-state index < -0.39 is 5.60 Å². The Bertz CT molecular complexity index is 326. The molecule has 1 rings (SSSR count). The van der Waals surface area contributed by atoms with Gasteiger partial charge >= 0.3 is 0 Å². The third-order valence-electron chi connectivity index (χ3n) is 2.19. The lowest BCUT2D eigenvalue weighted by Gasteiger charge is -2.17. The van der Waals surface area contributed by atoms with E-state index in [-0.39, 0.29) is 5.41 Å². The summed E-state index contributed by atoms with van der Waals surface area (Å²) in [5, 5.41) is 9.87. The number of aryl methyl sites for hydroxylation is 1. The van der Waals surface area contributed by atoms with Crippen LogP contribution in [0.2, 0.25) is 0 Å². The first-order valence-corrected chi connectivity index (χ1v) is 4.89. The van der Waals surface area contributed by atoms with Gasteiger partial charge in [0.2, 0.25) is 0 Å². The molecule has 0 atom stereocenters. The molecule has 1 N–H and O–H groups in total. The van der Waals surface area contributed by atoms with E-state index in [0.29, 0.717) is 5.82 Å². The molecule has 0 saturated heterocycles. The molecule has 1 aromatic rings. The summed E-state index contributed by atoms with van der Waals surface area (Å²) >= 11 is 0. The summed E-state index contributed by atoms with van der Waals surface area (Å²) in [6, 6.07) is 0. The number of aliphatic hydroxyl groups is 1. The molecule has 3 nitrogen and oxygen atoms in total. The van der Waals surface area contributed by atoms with Crippen LogP contribution in [0.1, 0.15) is 46.1 Å². The second kappa shape index (κ2) is 3.09. The maximum absolute atomic E-state index is 9.87. The Morgan fingerprint density at radius 1 is 1.21 bits per heavy atom. The molecule has 3 heteroatoms. The van der Waals surface area contributed by atoms with Crippen molar-refractivity contribution in [2.24, 2.45) is 7.05 Å². The molecular formula is C11H20N2O. The fourth-order valence-electron chi connectivity index (χ4n) is 1.40. The molecule has 0 radical (unpaired) electrons. The van der Waals surface area contributed by atoms with Crippen LogP contribution >= 0.6 is 0 Å². The normalized spacial score (nSPS) is 13.4. The minimum atomic E-state index is -0.877. The van der Waals surface area contributed by atoms with Crippen molar-refractivity contribution < 1.29 is 5.11 Å². The third-order valence-corrected chi connectivity index (χ3v) is 2.19. The molecule has 0 amide bonds. The highest BCUT2D eigenvalue weighted by molar-refractivity contribution is 5.15. The van der Waals surface area contributed by atoms with E-state index in [4.69, 9.17) is 0 Å². The molecule has 14 heavy (non-hydrogen) atoms. The molecule has 0 aliphatic heterocycles. The van der Waals surface area contributed by atoms with E-state index in [1.807, 2.05) is 17.8 Å². The van der Waals surface area contributed by atoms with Crippen LogP contribution in [0.15, 0.2) is 6.20 Å². The Kier molecular flexibility index (Phi) is 2.48. The molecule has 1 aromatic heterocycles. The van der Waals surface area contributed by atoms with Crippen molar-refractivity contribution in [3.8, 4) is 0 Å². The quantitative estimate of drug-likeness (QED) is 0.745. The summed E-state index contributed by atoms with van der Waals surface area (Å²) in [6.45, 7) is 9.85. The second-order valence-corrected chi connectivity index (χ2v) is 5.37. The second-order valence-electron chi connectivity index (χ2n) is 5.37. The van der Waals surface area contributed by atoms with Gasteiger partial charge in [-0.2, -0.15) is 0 Å². The van der Waals surface area contributed by atoms with Gasteiger partial charge in [0.1, 0.15) is 11.4 Å². The van der Waals surface area contributed by atoms with Crippen molar-refractivity contribution in [3.05, 3.63) is 17.7 Å². The van der Waals surface area contributed by atoms with Gasteiger partial charge in [-0.25, -0.2) is 4.98 Å². The van der Waals surface area contributed by atoms with E-state index in [1.165, 1.54) is 0 Å². The van der Waals surface area contributed by atoms with Gasteiger partial charge < -0.3 is 9.67 Å². The van der Waals surface area contributed by atoms with Crippen molar-refractivity contribution >= 4 is 0 Å². The number of hydrogen-bond donors (Lipinski definition) is 1. The molecular weight excluding hydrogens is 176 g/mol. The van der Waals surface area contributed by atoms with Gasteiger partial charge in [-0.1, -0.05) is 20.8 Å². The maximum atomic E-state index is 9.87. The summed E-state index contributed by atoms with van der Waals surface area (Å²) in [5.74, 6) is 0.711. The van der Waals surface area contributed by atoms with Crippen LogP contribution in [0.25, 0.3) is 0 Å². The van der Waals surface area contributed by atoms with E-state index in [9.17, 15) is 5.11 Å². The fraction of sp³-hybridized carbons (Fsp3) is 0.727. The maximum Gasteiger partial charge on any atom is 0.140 e. The molecule has 0 bridgehead atoms. The molecule has 80 valence electrons. The highest BCUT2D eigenvalue weighted by Gasteiger charge is 2.26. The van der Waals surface area contributed by atoms with Crippen LogP contribution in [0.5, 0.6) is 0 Å². The van der Waals surface area contributed by atoms with Gasteiger partial charge in [-0.3, -0.25) is 0 Å². The van der Waals surface area contributed by atoms with Crippen LogP contribution in [-0.4, -0.2) is 14.7 Å². The fourth-order valence-corrected chi connectivity index (χ4v) is 1.40. The Hall–Kier alpha value is -0.830. The highest BCUT2D eigenvalue weighted by atomic mass is 16.3. The summed E-state index contributed by atoms with van der Waals surface area (Å²) in [7, 11) is 1.91. The van der Waals surface area contributed by atoms with Gasteiger partial charge in [0.05, 0.1) is 5.69 Å². The number of hydrogen-bond acceptors (Lipinski definition) is 2. The Labute approximate surface area is 85.8 Å². The van der Waals surface area contributed by atoms with Gasteiger partial charge in [-0.15, -0.1) is 0 Å². The average Bonchev–Trinajstić information content (AvgIpc) is 2.27. The van der Waals surface area contributed by atoms with Crippen molar-refractivity contribution in [3.63, 3.8) is 0 Å². The van der Waals surface area contributed by atoms with E-state index >= 15 is 0 Å². The van der Waals surface area contributed by atoms with Gasteiger partial charge in [0.25, 0.3) is 0 Å².